The van der Waals surface area contributed by atoms with Crippen LogP contribution in [0.2, 0.25) is 0 Å². The monoisotopic (exact) mass is 361 g/mol. The molecule has 26 heavy (non-hydrogen) atoms. The molecule has 0 spiro atoms. The number of benzene rings is 1. The molecule has 1 aromatic heterocycles. The Kier molecular flexibility index (Phi) is 7.15. The summed E-state index contributed by atoms with van der Waals surface area (Å²) in [6, 6.07) is 7.63. The molecule has 1 aromatic carbocycles. The second-order valence-electron chi connectivity index (χ2n) is 7.03. The average Bonchev–Trinajstić information content (AvgIpc) is 3.08. The minimum Gasteiger partial charge on any atom is -0.491 e. The second kappa shape index (κ2) is 9.33. The van der Waals surface area contributed by atoms with Crippen molar-refractivity contribution in [2.75, 3.05) is 20.3 Å². The molecular formula is C19H27N3O4. The first-order chi connectivity index (χ1) is 12.4. The first-order valence-corrected chi connectivity index (χ1v) is 8.69. The van der Waals surface area contributed by atoms with Crippen molar-refractivity contribution in [1.82, 2.24) is 15.5 Å². The van der Waals surface area contributed by atoms with Gasteiger partial charge in [-0.15, -0.1) is 0 Å². The molecule has 142 valence electrons. The molecule has 1 N–H and O–H groups in total. The van der Waals surface area contributed by atoms with Gasteiger partial charge in [0, 0.05) is 31.9 Å². The first-order valence-electron chi connectivity index (χ1n) is 8.69. The van der Waals surface area contributed by atoms with Gasteiger partial charge in [-0.1, -0.05) is 38.1 Å². The molecule has 0 bridgehead atoms. The molecule has 2 rings (SSSR count). The average molecular weight is 361 g/mol. The maximum Gasteiger partial charge on any atom is 0.227 e. The molecule has 7 nitrogen and oxygen atoms in total. The number of amides is 1. The van der Waals surface area contributed by atoms with Crippen molar-refractivity contribution < 1.29 is 18.8 Å². The zero-order valence-electron chi connectivity index (χ0n) is 15.9. The Morgan fingerprint density at radius 2 is 2.08 bits per heavy atom. The second-order valence-corrected chi connectivity index (χ2v) is 7.03. The molecule has 0 fully saturated rings. The van der Waals surface area contributed by atoms with Gasteiger partial charge in [0.15, 0.2) is 5.82 Å². The fourth-order valence-corrected chi connectivity index (χ4v) is 2.16. The fourth-order valence-electron chi connectivity index (χ4n) is 2.16. The van der Waals surface area contributed by atoms with E-state index in [-0.39, 0.29) is 11.3 Å². The Bertz CT molecular complexity index is 707. The van der Waals surface area contributed by atoms with E-state index in [1.54, 1.807) is 7.11 Å². The summed E-state index contributed by atoms with van der Waals surface area (Å²) in [4.78, 5) is 16.4. The highest BCUT2D eigenvalue weighted by molar-refractivity contribution is 5.76. The van der Waals surface area contributed by atoms with Crippen LogP contribution in [-0.4, -0.2) is 36.4 Å². The van der Waals surface area contributed by atoms with Crippen molar-refractivity contribution in [3.63, 3.8) is 0 Å². The third-order valence-electron chi connectivity index (χ3n) is 3.65. The van der Waals surface area contributed by atoms with E-state index in [4.69, 9.17) is 14.0 Å². The number of aryl methyl sites for hydroxylation is 1. The molecule has 0 saturated heterocycles. The van der Waals surface area contributed by atoms with Gasteiger partial charge in [-0.25, -0.2) is 0 Å². The molecule has 1 amide bonds. The third kappa shape index (κ3) is 6.48. The smallest absolute Gasteiger partial charge is 0.227 e. The lowest BCUT2D eigenvalue weighted by Crippen LogP contribution is -2.23. The molecule has 0 saturated carbocycles. The summed E-state index contributed by atoms with van der Waals surface area (Å²) >= 11 is 0. The van der Waals surface area contributed by atoms with Gasteiger partial charge in [0.2, 0.25) is 11.8 Å². The SMILES string of the molecule is COCCOc1cccc(CNC(=O)CCc2nc(C(C)(C)C)no2)c1. The summed E-state index contributed by atoms with van der Waals surface area (Å²) in [5.74, 6) is 1.83. The van der Waals surface area contributed by atoms with Crippen LogP contribution in [0.4, 0.5) is 0 Å². The van der Waals surface area contributed by atoms with Crippen LogP contribution in [0.5, 0.6) is 5.75 Å². The normalized spacial score (nSPS) is 11.4. The van der Waals surface area contributed by atoms with E-state index in [1.165, 1.54) is 0 Å². The van der Waals surface area contributed by atoms with Gasteiger partial charge < -0.3 is 19.3 Å². The van der Waals surface area contributed by atoms with Crippen molar-refractivity contribution in [2.24, 2.45) is 0 Å². The zero-order chi connectivity index (χ0) is 19.0. The largest absolute Gasteiger partial charge is 0.491 e. The van der Waals surface area contributed by atoms with Crippen molar-refractivity contribution in [2.45, 2.75) is 45.6 Å². The predicted molar refractivity (Wildman–Crippen MR) is 97.0 cm³/mol. The van der Waals surface area contributed by atoms with Crippen LogP contribution >= 0.6 is 0 Å². The van der Waals surface area contributed by atoms with E-state index in [0.717, 1.165) is 11.3 Å². The summed E-state index contributed by atoms with van der Waals surface area (Å²) in [6.07, 6.45) is 0.727. The Morgan fingerprint density at radius 3 is 2.77 bits per heavy atom. The highest BCUT2D eigenvalue weighted by Crippen LogP contribution is 2.18. The minimum absolute atomic E-state index is 0.0637. The Morgan fingerprint density at radius 1 is 1.27 bits per heavy atom. The van der Waals surface area contributed by atoms with Crippen LogP contribution in [0.3, 0.4) is 0 Å². The summed E-state index contributed by atoms with van der Waals surface area (Å²) in [5.41, 5.74) is 0.807. The summed E-state index contributed by atoms with van der Waals surface area (Å²) in [6.45, 7) is 7.52. The van der Waals surface area contributed by atoms with Crippen molar-refractivity contribution in [1.29, 1.82) is 0 Å². The van der Waals surface area contributed by atoms with E-state index in [2.05, 4.69) is 15.5 Å². The molecule has 0 atom stereocenters. The molecule has 0 aliphatic carbocycles. The van der Waals surface area contributed by atoms with Crippen LogP contribution < -0.4 is 10.1 Å². The summed E-state index contributed by atoms with van der Waals surface area (Å²) in [5, 5.41) is 6.85. The van der Waals surface area contributed by atoms with Gasteiger partial charge in [-0.05, 0) is 17.7 Å². The van der Waals surface area contributed by atoms with Gasteiger partial charge in [-0.2, -0.15) is 4.98 Å². The first kappa shape index (κ1) is 19.9. The van der Waals surface area contributed by atoms with Gasteiger partial charge in [0.1, 0.15) is 12.4 Å². The van der Waals surface area contributed by atoms with Crippen LogP contribution in [0.1, 0.15) is 44.5 Å². The number of rotatable bonds is 9. The zero-order valence-corrected chi connectivity index (χ0v) is 15.9. The lowest BCUT2D eigenvalue weighted by molar-refractivity contribution is -0.121. The topological polar surface area (TPSA) is 86.5 Å². The number of ether oxygens (including phenoxy) is 2. The molecule has 2 aromatic rings. The Labute approximate surface area is 154 Å². The van der Waals surface area contributed by atoms with E-state index in [1.807, 2.05) is 45.0 Å². The van der Waals surface area contributed by atoms with E-state index in [0.29, 0.717) is 44.3 Å². The quantitative estimate of drug-likeness (QED) is 0.691. The standard InChI is InChI=1S/C19H27N3O4/c1-19(2,3)18-21-17(26-22-18)9-8-16(23)20-13-14-6-5-7-15(12-14)25-11-10-24-4/h5-7,12H,8-11,13H2,1-4H3,(H,20,23). The third-order valence-corrected chi connectivity index (χ3v) is 3.65. The van der Waals surface area contributed by atoms with E-state index in [9.17, 15) is 4.79 Å². The number of carbonyl (C=O) groups excluding carboxylic acids is 1. The fraction of sp³-hybridized carbons (Fsp3) is 0.526. The number of hydrogen-bond acceptors (Lipinski definition) is 6. The Balaban J connectivity index is 1.76. The number of methoxy groups -OCH3 is 1. The maximum absolute atomic E-state index is 12.0. The molecule has 0 aliphatic heterocycles. The van der Waals surface area contributed by atoms with Crippen LogP contribution in [0.25, 0.3) is 0 Å². The van der Waals surface area contributed by atoms with E-state index >= 15 is 0 Å². The van der Waals surface area contributed by atoms with Crippen molar-refractivity contribution in [3.8, 4) is 5.75 Å². The van der Waals surface area contributed by atoms with Gasteiger partial charge >= 0.3 is 0 Å². The highest BCUT2D eigenvalue weighted by atomic mass is 16.5. The van der Waals surface area contributed by atoms with Gasteiger partial charge in [0.25, 0.3) is 0 Å². The molecule has 0 unspecified atom stereocenters. The molecule has 0 radical (unpaired) electrons. The summed E-state index contributed by atoms with van der Waals surface area (Å²) < 4.78 is 15.7. The number of hydrogen-bond donors (Lipinski definition) is 1. The van der Waals surface area contributed by atoms with Crippen LogP contribution in [-0.2, 0) is 27.9 Å². The molecular weight excluding hydrogens is 334 g/mol. The summed E-state index contributed by atoms with van der Waals surface area (Å²) in [7, 11) is 1.63. The molecule has 1 heterocycles. The number of nitrogens with zero attached hydrogens (tertiary/aromatic N) is 2. The number of carbonyl (C=O) groups is 1. The van der Waals surface area contributed by atoms with Gasteiger partial charge in [0.05, 0.1) is 6.61 Å². The van der Waals surface area contributed by atoms with Crippen LogP contribution in [0.15, 0.2) is 28.8 Å². The lowest BCUT2D eigenvalue weighted by Gasteiger charge is -2.10. The number of aromatic nitrogens is 2. The predicted octanol–water partition coefficient (Wildman–Crippen LogP) is 2.64. The minimum atomic E-state index is -0.166. The van der Waals surface area contributed by atoms with Crippen molar-refractivity contribution >= 4 is 5.91 Å². The number of nitrogens with one attached hydrogen (secondary N) is 1. The van der Waals surface area contributed by atoms with Crippen LogP contribution in [0, 0.1) is 0 Å². The maximum atomic E-state index is 12.0. The van der Waals surface area contributed by atoms with Gasteiger partial charge in [-0.3, -0.25) is 4.79 Å². The van der Waals surface area contributed by atoms with Crippen molar-refractivity contribution in [3.05, 3.63) is 41.5 Å². The Hall–Kier alpha value is -2.41. The lowest BCUT2D eigenvalue weighted by atomic mass is 9.96. The molecule has 0 aliphatic rings. The highest BCUT2D eigenvalue weighted by Gasteiger charge is 2.21. The molecule has 7 heteroatoms. The van der Waals surface area contributed by atoms with E-state index < -0.39 is 0 Å².